The van der Waals surface area contributed by atoms with Crippen LogP contribution >= 0.6 is 15.9 Å². The molecule has 0 spiro atoms. The summed E-state index contributed by atoms with van der Waals surface area (Å²) in [5.41, 5.74) is 7.27. The number of hydrogen-bond donors (Lipinski definition) is 3. The largest absolute Gasteiger partial charge is 0.409 e. The first-order chi connectivity index (χ1) is 8.86. The van der Waals surface area contributed by atoms with Crippen LogP contribution in [0.1, 0.15) is 19.4 Å². The standard InChI is InChI=1S/C13H18BrN3O2/c1-7(2)11(12(15)17-19)13(18)16-10-6-8(3)4-5-9(10)14/h4-7,11,19H,1-3H3,(H2,15,17)(H,16,18). The van der Waals surface area contributed by atoms with E-state index in [1.165, 1.54) is 0 Å². The Morgan fingerprint density at radius 1 is 1.47 bits per heavy atom. The van der Waals surface area contributed by atoms with E-state index < -0.39 is 5.92 Å². The molecule has 5 nitrogen and oxygen atoms in total. The maximum Gasteiger partial charge on any atom is 0.235 e. The second-order valence-corrected chi connectivity index (χ2v) is 5.57. The summed E-state index contributed by atoms with van der Waals surface area (Å²) >= 11 is 3.37. The van der Waals surface area contributed by atoms with E-state index in [0.29, 0.717) is 5.69 Å². The molecule has 0 aromatic heterocycles. The van der Waals surface area contributed by atoms with Crippen molar-refractivity contribution in [1.29, 1.82) is 0 Å². The highest BCUT2D eigenvalue weighted by atomic mass is 79.9. The van der Waals surface area contributed by atoms with Gasteiger partial charge in [0.25, 0.3) is 0 Å². The monoisotopic (exact) mass is 327 g/mol. The van der Waals surface area contributed by atoms with Crippen molar-refractivity contribution in [2.45, 2.75) is 20.8 Å². The van der Waals surface area contributed by atoms with Crippen molar-refractivity contribution in [3.8, 4) is 0 Å². The fourth-order valence-corrected chi connectivity index (χ4v) is 2.13. The molecule has 104 valence electrons. The number of aryl methyl sites for hydroxylation is 1. The van der Waals surface area contributed by atoms with Gasteiger partial charge in [-0.2, -0.15) is 0 Å². The van der Waals surface area contributed by atoms with Crippen LogP contribution in [0.2, 0.25) is 0 Å². The van der Waals surface area contributed by atoms with Crippen molar-refractivity contribution >= 4 is 33.4 Å². The van der Waals surface area contributed by atoms with Crippen LogP contribution in [0.5, 0.6) is 0 Å². The van der Waals surface area contributed by atoms with Crippen molar-refractivity contribution in [3.05, 3.63) is 28.2 Å². The molecule has 0 fully saturated rings. The summed E-state index contributed by atoms with van der Waals surface area (Å²) in [6, 6.07) is 5.65. The Labute approximate surface area is 121 Å². The highest BCUT2D eigenvalue weighted by Gasteiger charge is 2.27. The smallest absolute Gasteiger partial charge is 0.235 e. The van der Waals surface area contributed by atoms with Gasteiger partial charge in [0.05, 0.1) is 5.69 Å². The zero-order chi connectivity index (χ0) is 14.6. The normalized spacial score (nSPS) is 13.4. The summed E-state index contributed by atoms with van der Waals surface area (Å²) in [7, 11) is 0. The molecule has 0 bridgehead atoms. The number of rotatable bonds is 4. The molecule has 0 aliphatic carbocycles. The van der Waals surface area contributed by atoms with Gasteiger partial charge < -0.3 is 16.3 Å². The molecule has 19 heavy (non-hydrogen) atoms. The molecule has 0 saturated carbocycles. The number of anilines is 1. The zero-order valence-corrected chi connectivity index (χ0v) is 12.7. The fraction of sp³-hybridized carbons (Fsp3) is 0.385. The zero-order valence-electron chi connectivity index (χ0n) is 11.1. The molecule has 0 heterocycles. The van der Waals surface area contributed by atoms with Crippen LogP contribution in [0, 0.1) is 18.8 Å². The number of amidine groups is 1. The number of nitrogens with zero attached hydrogens (tertiary/aromatic N) is 1. The molecule has 1 aromatic rings. The van der Waals surface area contributed by atoms with Crippen molar-refractivity contribution in [3.63, 3.8) is 0 Å². The van der Waals surface area contributed by atoms with E-state index in [4.69, 9.17) is 10.9 Å². The molecule has 1 aromatic carbocycles. The van der Waals surface area contributed by atoms with Gasteiger partial charge in [-0.15, -0.1) is 0 Å². The number of hydrogen-bond acceptors (Lipinski definition) is 3. The average Bonchev–Trinajstić information content (AvgIpc) is 2.33. The Morgan fingerprint density at radius 3 is 2.63 bits per heavy atom. The molecule has 1 atom stereocenters. The van der Waals surface area contributed by atoms with E-state index in [1.807, 2.05) is 39.0 Å². The van der Waals surface area contributed by atoms with Crippen LogP contribution in [0.4, 0.5) is 5.69 Å². The van der Waals surface area contributed by atoms with Gasteiger partial charge in [-0.1, -0.05) is 25.1 Å². The molecule has 1 unspecified atom stereocenters. The van der Waals surface area contributed by atoms with Crippen LogP contribution in [-0.4, -0.2) is 17.0 Å². The van der Waals surface area contributed by atoms with Crippen LogP contribution in [-0.2, 0) is 4.79 Å². The number of benzene rings is 1. The van der Waals surface area contributed by atoms with Gasteiger partial charge in [0, 0.05) is 4.47 Å². The van der Waals surface area contributed by atoms with Crippen molar-refractivity contribution < 1.29 is 10.0 Å². The lowest BCUT2D eigenvalue weighted by molar-refractivity contribution is -0.119. The Kier molecular flexibility index (Phi) is 5.35. The van der Waals surface area contributed by atoms with Gasteiger partial charge in [-0.25, -0.2) is 0 Å². The van der Waals surface area contributed by atoms with Crippen LogP contribution in [0.15, 0.2) is 27.8 Å². The number of amides is 1. The van der Waals surface area contributed by atoms with Gasteiger partial charge in [-0.05, 0) is 46.5 Å². The van der Waals surface area contributed by atoms with E-state index in [-0.39, 0.29) is 17.7 Å². The molecule has 0 saturated heterocycles. The Morgan fingerprint density at radius 2 is 2.11 bits per heavy atom. The van der Waals surface area contributed by atoms with Gasteiger partial charge >= 0.3 is 0 Å². The minimum atomic E-state index is -0.669. The van der Waals surface area contributed by atoms with Crippen LogP contribution in [0.25, 0.3) is 0 Å². The molecular weight excluding hydrogens is 310 g/mol. The molecule has 0 aliphatic heterocycles. The van der Waals surface area contributed by atoms with Crippen molar-refractivity contribution in [1.82, 2.24) is 0 Å². The SMILES string of the molecule is Cc1ccc(Br)c(NC(=O)C(/C(N)=N/O)C(C)C)c1. The molecule has 0 radical (unpaired) electrons. The third kappa shape index (κ3) is 3.96. The topological polar surface area (TPSA) is 87.7 Å². The van der Waals surface area contributed by atoms with Crippen molar-refractivity contribution in [2.24, 2.45) is 22.7 Å². The number of oxime groups is 1. The Bertz CT molecular complexity index is 501. The first-order valence-electron chi connectivity index (χ1n) is 5.91. The van der Waals surface area contributed by atoms with E-state index in [0.717, 1.165) is 10.0 Å². The summed E-state index contributed by atoms with van der Waals surface area (Å²) in [5.74, 6) is -1.12. The van der Waals surface area contributed by atoms with Crippen LogP contribution in [0.3, 0.4) is 0 Å². The van der Waals surface area contributed by atoms with Crippen LogP contribution < -0.4 is 11.1 Å². The fourth-order valence-electron chi connectivity index (χ4n) is 1.79. The maximum absolute atomic E-state index is 12.2. The van der Waals surface area contributed by atoms with Gasteiger partial charge in [0.15, 0.2) is 5.84 Å². The maximum atomic E-state index is 12.2. The summed E-state index contributed by atoms with van der Waals surface area (Å²) in [5, 5.41) is 14.5. The number of nitrogens with one attached hydrogen (secondary N) is 1. The molecular formula is C13H18BrN3O2. The number of nitrogens with two attached hydrogens (primary N) is 1. The molecule has 1 rings (SSSR count). The lowest BCUT2D eigenvalue weighted by atomic mass is 9.93. The second-order valence-electron chi connectivity index (χ2n) is 4.72. The van der Waals surface area contributed by atoms with E-state index >= 15 is 0 Å². The summed E-state index contributed by atoms with van der Waals surface area (Å²) in [6.45, 7) is 5.62. The first-order valence-corrected chi connectivity index (χ1v) is 6.70. The Balaban J connectivity index is 2.97. The van der Waals surface area contributed by atoms with Crippen molar-refractivity contribution in [2.75, 3.05) is 5.32 Å². The second kappa shape index (κ2) is 6.56. The quantitative estimate of drug-likeness (QED) is 0.344. The van der Waals surface area contributed by atoms with E-state index in [2.05, 4.69) is 26.4 Å². The molecule has 0 aliphatic rings. The Hall–Kier alpha value is -1.56. The summed E-state index contributed by atoms with van der Waals surface area (Å²) in [6.07, 6.45) is 0. The summed E-state index contributed by atoms with van der Waals surface area (Å²) < 4.78 is 0.786. The number of carbonyl (C=O) groups excluding carboxylic acids is 1. The first kappa shape index (κ1) is 15.5. The minimum Gasteiger partial charge on any atom is -0.409 e. The number of halogens is 1. The van der Waals surface area contributed by atoms with Gasteiger partial charge in [0.1, 0.15) is 5.92 Å². The lowest BCUT2D eigenvalue weighted by Crippen LogP contribution is -2.38. The highest BCUT2D eigenvalue weighted by Crippen LogP contribution is 2.24. The molecule has 6 heteroatoms. The van der Waals surface area contributed by atoms with Gasteiger partial charge in [0.2, 0.25) is 5.91 Å². The van der Waals surface area contributed by atoms with E-state index in [9.17, 15) is 4.79 Å². The lowest BCUT2D eigenvalue weighted by Gasteiger charge is -2.19. The summed E-state index contributed by atoms with van der Waals surface area (Å²) in [4.78, 5) is 12.2. The predicted octanol–water partition coefficient (Wildman–Crippen LogP) is 2.71. The minimum absolute atomic E-state index is 0.0699. The highest BCUT2D eigenvalue weighted by molar-refractivity contribution is 9.10. The van der Waals surface area contributed by atoms with E-state index in [1.54, 1.807) is 0 Å². The van der Waals surface area contributed by atoms with Gasteiger partial charge in [-0.3, -0.25) is 4.79 Å². The third-order valence-corrected chi connectivity index (χ3v) is 3.45. The predicted molar refractivity (Wildman–Crippen MR) is 79.2 cm³/mol. The number of carbonyl (C=O) groups is 1. The molecule has 1 amide bonds. The average molecular weight is 328 g/mol. The third-order valence-electron chi connectivity index (χ3n) is 2.76. The molecule has 4 N–H and O–H groups in total.